The number of rotatable bonds is 1. The third-order valence-corrected chi connectivity index (χ3v) is 5.54. The molecule has 4 aromatic carbocycles. The predicted octanol–water partition coefficient (Wildman–Crippen LogP) is 7.54. The molecule has 0 unspecified atom stereocenters. The van der Waals surface area contributed by atoms with Crippen LogP contribution in [0.2, 0.25) is 0 Å². The molecule has 6 rings (SSSR count). The Balaban J connectivity index is 0.000000158. The van der Waals surface area contributed by atoms with Crippen LogP contribution >= 0.6 is 0 Å². The van der Waals surface area contributed by atoms with Crippen molar-refractivity contribution in [1.82, 2.24) is 9.97 Å². The summed E-state index contributed by atoms with van der Waals surface area (Å²) in [6.45, 7) is 1.99. The van der Waals surface area contributed by atoms with Crippen molar-refractivity contribution in [3.63, 3.8) is 0 Å². The van der Waals surface area contributed by atoms with Gasteiger partial charge in [0.05, 0.1) is 5.69 Å². The number of fused-ring (bicyclic) bond motifs is 5. The number of hydrogen-bond acceptors (Lipinski definition) is 2. The summed E-state index contributed by atoms with van der Waals surface area (Å²) in [5.74, 6) is -0.252. The van der Waals surface area contributed by atoms with Crippen LogP contribution < -0.4 is 0 Å². The summed E-state index contributed by atoms with van der Waals surface area (Å²) in [6, 6.07) is 32.6. The van der Waals surface area contributed by atoms with Crippen LogP contribution in [0.4, 0.5) is 4.39 Å². The second kappa shape index (κ2) is 9.99. The normalized spacial score (nSPS) is 10.5. The zero-order valence-electron chi connectivity index (χ0n) is 17.9. The molecule has 1 radical (unpaired) electrons. The Bertz CT molecular complexity index is 1490. The van der Waals surface area contributed by atoms with Crippen molar-refractivity contribution in [1.29, 1.82) is 0 Å². The number of halogens is 1. The first kappa shape index (κ1) is 22.7. The minimum Gasteiger partial charge on any atom is -0.303 e. The number of benzene rings is 4. The number of nitrogens with zero attached hydrogens (tertiary/aromatic N) is 2. The van der Waals surface area contributed by atoms with E-state index in [4.69, 9.17) is 0 Å². The minimum absolute atomic E-state index is 0. The number of aryl methyl sites for hydroxylation is 1. The van der Waals surface area contributed by atoms with Crippen LogP contribution in [0, 0.1) is 18.8 Å². The third-order valence-electron chi connectivity index (χ3n) is 5.54. The molecule has 0 fully saturated rings. The quantitative estimate of drug-likeness (QED) is 0.143. The molecule has 0 saturated heterocycles. The van der Waals surface area contributed by atoms with Crippen molar-refractivity contribution in [2.75, 3.05) is 0 Å². The van der Waals surface area contributed by atoms with Crippen molar-refractivity contribution in [3.05, 3.63) is 121 Å². The monoisotopic (exact) mass is 608 g/mol. The number of pyridine rings is 2. The Kier molecular flexibility index (Phi) is 6.88. The van der Waals surface area contributed by atoms with Gasteiger partial charge in [-0.25, -0.2) is 4.39 Å². The summed E-state index contributed by atoms with van der Waals surface area (Å²) in [5.41, 5.74) is 3.80. The van der Waals surface area contributed by atoms with Crippen LogP contribution in [0.3, 0.4) is 0 Å². The molecule has 0 atom stereocenters. The summed E-state index contributed by atoms with van der Waals surface area (Å²) >= 11 is 0. The van der Waals surface area contributed by atoms with Crippen LogP contribution in [0.5, 0.6) is 0 Å². The van der Waals surface area contributed by atoms with Crippen LogP contribution in [-0.4, -0.2) is 9.97 Å². The van der Waals surface area contributed by atoms with Gasteiger partial charge >= 0.3 is 0 Å². The van der Waals surface area contributed by atoms with Gasteiger partial charge in [0.1, 0.15) is 5.82 Å². The molecule has 0 bridgehead atoms. The van der Waals surface area contributed by atoms with E-state index >= 15 is 0 Å². The van der Waals surface area contributed by atoms with Crippen LogP contribution in [0.15, 0.2) is 103 Å². The van der Waals surface area contributed by atoms with Crippen molar-refractivity contribution >= 4 is 32.4 Å². The molecule has 2 heterocycles. The molecule has 4 heteroatoms. The van der Waals surface area contributed by atoms with E-state index in [1.54, 1.807) is 0 Å². The topological polar surface area (TPSA) is 25.8 Å². The van der Waals surface area contributed by atoms with Gasteiger partial charge in [-0.15, -0.1) is 35.0 Å². The Labute approximate surface area is 205 Å². The largest absolute Gasteiger partial charge is 0.303 e. The standard InChI is InChI=1S/C17H10N.C12H10FN.Ir/c1-4-8-15-12(5-1)9-10-16-14-7-3-2-6-13(14)11-18-17(15)16;1-9-4-2-3-5-11(9)12-8-10(13)6-7-14-12;/h1-7,9-11H;2-8H,1H3;/q-1;;. The van der Waals surface area contributed by atoms with Gasteiger partial charge in [0.2, 0.25) is 0 Å². The van der Waals surface area contributed by atoms with Crippen molar-refractivity contribution < 1.29 is 24.5 Å². The maximum absolute atomic E-state index is 12.9. The summed E-state index contributed by atoms with van der Waals surface area (Å²) in [7, 11) is 0. The van der Waals surface area contributed by atoms with Crippen LogP contribution in [0.25, 0.3) is 43.7 Å². The van der Waals surface area contributed by atoms with E-state index in [-0.39, 0.29) is 25.9 Å². The third kappa shape index (κ3) is 4.68. The molecule has 0 aliphatic rings. The molecule has 6 aromatic rings. The molecule has 0 saturated carbocycles. The smallest absolute Gasteiger partial charge is 0.126 e. The summed E-state index contributed by atoms with van der Waals surface area (Å²) < 4.78 is 12.9. The Morgan fingerprint density at radius 1 is 0.758 bits per heavy atom. The van der Waals surface area contributed by atoms with Gasteiger partial charge in [-0.3, -0.25) is 4.98 Å². The zero-order chi connectivity index (χ0) is 21.9. The van der Waals surface area contributed by atoms with Gasteiger partial charge in [-0.1, -0.05) is 60.7 Å². The maximum Gasteiger partial charge on any atom is 0.126 e. The molecule has 0 spiro atoms. The van der Waals surface area contributed by atoms with Gasteiger partial charge in [0.25, 0.3) is 0 Å². The molecule has 0 aliphatic heterocycles. The first-order chi connectivity index (χ1) is 15.7. The van der Waals surface area contributed by atoms with E-state index in [0.29, 0.717) is 5.69 Å². The van der Waals surface area contributed by atoms with Gasteiger partial charge in [-0.05, 0) is 40.2 Å². The van der Waals surface area contributed by atoms with Crippen LogP contribution in [0.1, 0.15) is 5.56 Å². The second-order valence-electron chi connectivity index (χ2n) is 7.62. The number of aromatic nitrogens is 2. The second-order valence-corrected chi connectivity index (χ2v) is 7.62. The van der Waals surface area contributed by atoms with Gasteiger partial charge in [-0.2, -0.15) is 0 Å². The molecular formula is C29H20FIrN2-. The maximum atomic E-state index is 12.9. The fourth-order valence-electron chi connectivity index (χ4n) is 3.93. The average molecular weight is 608 g/mol. The fraction of sp³-hybridized carbons (Fsp3) is 0.0345. The minimum atomic E-state index is -0.252. The Morgan fingerprint density at radius 3 is 2.39 bits per heavy atom. The van der Waals surface area contributed by atoms with Crippen LogP contribution in [-0.2, 0) is 20.1 Å². The summed E-state index contributed by atoms with van der Waals surface area (Å²) in [4.78, 5) is 8.74. The van der Waals surface area contributed by atoms with Gasteiger partial charge in [0.15, 0.2) is 0 Å². The van der Waals surface area contributed by atoms with Crippen molar-refractivity contribution in [3.8, 4) is 11.3 Å². The molecule has 163 valence electrons. The Morgan fingerprint density at radius 2 is 1.55 bits per heavy atom. The molecule has 0 N–H and O–H groups in total. The molecule has 0 amide bonds. The number of hydrogen-bond donors (Lipinski definition) is 0. The van der Waals surface area contributed by atoms with E-state index in [0.717, 1.165) is 22.0 Å². The summed E-state index contributed by atoms with van der Waals surface area (Å²) in [6.07, 6.45) is 3.43. The first-order valence-electron chi connectivity index (χ1n) is 10.5. The van der Waals surface area contributed by atoms with Crippen molar-refractivity contribution in [2.24, 2.45) is 0 Å². The molecule has 2 nitrogen and oxygen atoms in total. The molecule has 2 aromatic heterocycles. The molecular weight excluding hydrogens is 588 g/mol. The SMILES string of the molecule is Cc1ccccc1-c1cc(F)ccn1.[Ir].[c-]1cccc2ccc3c4ccccc4cnc3c12. The Hall–Kier alpha value is -3.46. The van der Waals surface area contributed by atoms with Gasteiger partial charge in [0, 0.05) is 44.1 Å². The van der Waals surface area contributed by atoms with E-state index in [1.807, 2.05) is 55.6 Å². The molecule has 0 aliphatic carbocycles. The van der Waals surface area contributed by atoms with E-state index in [9.17, 15) is 4.39 Å². The molecule has 33 heavy (non-hydrogen) atoms. The summed E-state index contributed by atoms with van der Waals surface area (Å²) in [5, 5.41) is 5.92. The average Bonchev–Trinajstić information content (AvgIpc) is 2.84. The first-order valence-corrected chi connectivity index (χ1v) is 10.5. The van der Waals surface area contributed by atoms with Gasteiger partial charge < -0.3 is 4.98 Å². The van der Waals surface area contributed by atoms with E-state index in [2.05, 4.69) is 52.4 Å². The predicted molar refractivity (Wildman–Crippen MR) is 130 cm³/mol. The fourth-order valence-corrected chi connectivity index (χ4v) is 3.93. The van der Waals surface area contributed by atoms with E-state index in [1.165, 1.54) is 39.9 Å². The van der Waals surface area contributed by atoms with E-state index < -0.39 is 0 Å². The van der Waals surface area contributed by atoms with Crippen molar-refractivity contribution in [2.45, 2.75) is 6.92 Å². The zero-order valence-corrected chi connectivity index (χ0v) is 20.3.